The van der Waals surface area contributed by atoms with Crippen LogP contribution in [0.2, 0.25) is 0 Å². The summed E-state index contributed by atoms with van der Waals surface area (Å²) in [4.78, 5) is 0. The Morgan fingerprint density at radius 1 is 1.47 bits per heavy atom. The van der Waals surface area contributed by atoms with E-state index in [4.69, 9.17) is 5.73 Å². The Labute approximate surface area is 86.5 Å². The van der Waals surface area contributed by atoms with Gasteiger partial charge in [0.05, 0.1) is 6.10 Å². The molecule has 15 heavy (non-hydrogen) atoms. The van der Waals surface area contributed by atoms with Gasteiger partial charge in [-0.1, -0.05) is 18.2 Å². The molecule has 1 atom stereocenters. The third-order valence-electron chi connectivity index (χ3n) is 2.03. The number of halogens is 2. The summed E-state index contributed by atoms with van der Waals surface area (Å²) in [6.45, 7) is -1.32. The summed E-state index contributed by atoms with van der Waals surface area (Å²) in [5.41, 5.74) is 6.09. The number of rotatable bonds is 4. The first-order chi connectivity index (χ1) is 7.06. The van der Waals surface area contributed by atoms with Crippen LogP contribution in [-0.2, 0) is 0 Å². The van der Waals surface area contributed by atoms with Crippen LogP contribution in [-0.4, -0.2) is 18.3 Å². The molecule has 3 N–H and O–H groups in total. The molecule has 0 amide bonds. The van der Waals surface area contributed by atoms with Crippen LogP contribution in [0.5, 0.6) is 5.75 Å². The Kier molecular flexibility index (Phi) is 3.99. The molecule has 3 nitrogen and oxygen atoms in total. The largest absolute Gasteiger partial charge is 0.434 e. The van der Waals surface area contributed by atoms with Gasteiger partial charge in [-0.15, -0.1) is 0 Å². The highest BCUT2D eigenvalue weighted by atomic mass is 19.3. The number of para-hydroxylation sites is 1. The van der Waals surface area contributed by atoms with E-state index in [1.165, 1.54) is 6.07 Å². The fraction of sp³-hybridized carbons (Fsp3) is 0.400. The van der Waals surface area contributed by atoms with Gasteiger partial charge in [0.2, 0.25) is 0 Å². The molecule has 0 saturated heterocycles. The number of aliphatic hydroxyl groups excluding tert-OH is 1. The highest BCUT2D eigenvalue weighted by Crippen LogP contribution is 2.29. The van der Waals surface area contributed by atoms with Gasteiger partial charge in [-0.25, -0.2) is 0 Å². The quantitative estimate of drug-likeness (QED) is 0.805. The van der Waals surface area contributed by atoms with Crippen molar-refractivity contribution in [1.82, 2.24) is 0 Å². The normalized spacial score (nSPS) is 12.9. The van der Waals surface area contributed by atoms with Crippen molar-refractivity contribution < 1.29 is 18.6 Å². The molecule has 84 valence electrons. The van der Waals surface area contributed by atoms with E-state index in [0.717, 1.165) is 0 Å². The third kappa shape index (κ3) is 2.87. The average molecular weight is 217 g/mol. The summed E-state index contributed by atoms with van der Waals surface area (Å²) in [6, 6.07) is 4.80. The van der Waals surface area contributed by atoms with Crippen LogP contribution in [0.4, 0.5) is 8.78 Å². The number of ether oxygens (including phenoxy) is 1. The van der Waals surface area contributed by atoms with E-state index >= 15 is 0 Å². The SMILES string of the molecule is Cc1cccc(C(O)CN)c1OC(F)F. The molecule has 1 aromatic rings. The Bertz CT molecular complexity index is 331. The Morgan fingerprint density at radius 3 is 2.67 bits per heavy atom. The first-order valence-electron chi connectivity index (χ1n) is 4.48. The molecule has 1 unspecified atom stereocenters. The minimum absolute atomic E-state index is 0.00505. The number of aryl methyl sites for hydroxylation is 1. The molecular weight excluding hydrogens is 204 g/mol. The first kappa shape index (κ1) is 11.9. The zero-order chi connectivity index (χ0) is 11.4. The second-order valence-electron chi connectivity index (χ2n) is 3.12. The standard InChI is InChI=1S/C10H13F2NO2/c1-6-3-2-4-7(8(14)5-13)9(6)15-10(11)12/h2-4,8,10,14H,5,13H2,1H3. The topological polar surface area (TPSA) is 55.5 Å². The number of aliphatic hydroxyl groups is 1. The molecule has 0 heterocycles. The van der Waals surface area contributed by atoms with Crippen molar-refractivity contribution in [3.8, 4) is 5.75 Å². The molecule has 0 aliphatic carbocycles. The maximum atomic E-state index is 12.1. The maximum absolute atomic E-state index is 12.1. The van der Waals surface area contributed by atoms with Crippen LogP contribution < -0.4 is 10.5 Å². The molecule has 0 radical (unpaired) electrons. The fourth-order valence-corrected chi connectivity index (χ4v) is 1.31. The lowest BCUT2D eigenvalue weighted by atomic mass is 10.0. The molecule has 0 bridgehead atoms. The summed E-state index contributed by atoms with van der Waals surface area (Å²) in [5, 5.41) is 9.50. The van der Waals surface area contributed by atoms with Gasteiger partial charge in [0.25, 0.3) is 0 Å². The molecule has 1 rings (SSSR count). The van der Waals surface area contributed by atoms with Crippen molar-refractivity contribution in [2.24, 2.45) is 5.73 Å². The molecule has 0 spiro atoms. The summed E-state index contributed by atoms with van der Waals surface area (Å²) >= 11 is 0. The Morgan fingerprint density at radius 2 is 2.13 bits per heavy atom. The lowest BCUT2D eigenvalue weighted by Crippen LogP contribution is -2.14. The van der Waals surface area contributed by atoms with Gasteiger partial charge < -0.3 is 15.6 Å². The Balaban J connectivity index is 3.08. The van der Waals surface area contributed by atoms with Crippen LogP contribution in [0.1, 0.15) is 17.2 Å². The average Bonchev–Trinajstić information content (AvgIpc) is 2.19. The molecule has 0 aromatic heterocycles. The number of hydrogen-bond donors (Lipinski definition) is 2. The van der Waals surface area contributed by atoms with Gasteiger partial charge in [-0.05, 0) is 12.5 Å². The van der Waals surface area contributed by atoms with E-state index < -0.39 is 12.7 Å². The number of nitrogens with two attached hydrogens (primary N) is 1. The van der Waals surface area contributed by atoms with E-state index in [2.05, 4.69) is 4.74 Å². The van der Waals surface area contributed by atoms with Crippen LogP contribution in [0.25, 0.3) is 0 Å². The molecule has 0 saturated carbocycles. The number of benzene rings is 1. The second kappa shape index (κ2) is 5.04. The van der Waals surface area contributed by atoms with E-state index in [-0.39, 0.29) is 17.9 Å². The van der Waals surface area contributed by atoms with Crippen molar-refractivity contribution in [3.63, 3.8) is 0 Å². The van der Waals surface area contributed by atoms with Crippen molar-refractivity contribution in [1.29, 1.82) is 0 Å². The predicted molar refractivity (Wildman–Crippen MR) is 51.8 cm³/mol. The monoisotopic (exact) mass is 217 g/mol. The number of hydrogen-bond acceptors (Lipinski definition) is 3. The van der Waals surface area contributed by atoms with E-state index in [9.17, 15) is 13.9 Å². The predicted octanol–water partition coefficient (Wildman–Crippen LogP) is 1.59. The molecule has 0 fully saturated rings. The van der Waals surface area contributed by atoms with Gasteiger partial charge in [-0.3, -0.25) is 0 Å². The molecule has 0 aliphatic rings. The maximum Gasteiger partial charge on any atom is 0.387 e. The molecular formula is C10H13F2NO2. The van der Waals surface area contributed by atoms with Gasteiger partial charge in [0.15, 0.2) is 0 Å². The van der Waals surface area contributed by atoms with E-state index in [1.807, 2.05) is 0 Å². The van der Waals surface area contributed by atoms with Gasteiger partial charge in [0.1, 0.15) is 5.75 Å². The smallest absolute Gasteiger partial charge is 0.387 e. The summed E-state index contributed by atoms with van der Waals surface area (Å²) in [6.07, 6.45) is -0.987. The lowest BCUT2D eigenvalue weighted by molar-refractivity contribution is -0.0519. The molecule has 1 aromatic carbocycles. The van der Waals surface area contributed by atoms with Crippen molar-refractivity contribution >= 4 is 0 Å². The first-order valence-corrected chi connectivity index (χ1v) is 4.48. The van der Waals surface area contributed by atoms with Crippen LogP contribution in [0, 0.1) is 6.92 Å². The highest BCUT2D eigenvalue weighted by Gasteiger charge is 2.16. The molecule has 5 heteroatoms. The minimum atomic E-state index is -2.91. The van der Waals surface area contributed by atoms with Crippen LogP contribution >= 0.6 is 0 Å². The number of alkyl halides is 2. The fourth-order valence-electron chi connectivity index (χ4n) is 1.31. The van der Waals surface area contributed by atoms with Gasteiger partial charge in [-0.2, -0.15) is 8.78 Å². The Hall–Kier alpha value is -1.20. The summed E-state index contributed by atoms with van der Waals surface area (Å²) < 4.78 is 28.6. The van der Waals surface area contributed by atoms with Crippen molar-refractivity contribution in [2.75, 3.05) is 6.54 Å². The summed E-state index contributed by atoms with van der Waals surface area (Å²) in [5.74, 6) is 0.00505. The van der Waals surface area contributed by atoms with Gasteiger partial charge >= 0.3 is 6.61 Å². The second-order valence-corrected chi connectivity index (χ2v) is 3.12. The van der Waals surface area contributed by atoms with Crippen molar-refractivity contribution in [2.45, 2.75) is 19.6 Å². The van der Waals surface area contributed by atoms with Crippen LogP contribution in [0.15, 0.2) is 18.2 Å². The van der Waals surface area contributed by atoms with E-state index in [1.54, 1.807) is 19.1 Å². The van der Waals surface area contributed by atoms with Gasteiger partial charge in [0, 0.05) is 12.1 Å². The molecule has 0 aliphatic heterocycles. The zero-order valence-electron chi connectivity index (χ0n) is 8.28. The third-order valence-corrected chi connectivity index (χ3v) is 2.03. The van der Waals surface area contributed by atoms with Crippen molar-refractivity contribution in [3.05, 3.63) is 29.3 Å². The highest BCUT2D eigenvalue weighted by molar-refractivity contribution is 5.42. The van der Waals surface area contributed by atoms with Crippen LogP contribution in [0.3, 0.4) is 0 Å². The summed E-state index contributed by atoms with van der Waals surface area (Å²) in [7, 11) is 0. The minimum Gasteiger partial charge on any atom is -0.434 e. The zero-order valence-corrected chi connectivity index (χ0v) is 8.28. The lowest BCUT2D eigenvalue weighted by Gasteiger charge is -2.16. The van der Waals surface area contributed by atoms with E-state index in [0.29, 0.717) is 5.56 Å².